The predicted molar refractivity (Wildman–Crippen MR) is 210 cm³/mol. The number of aromatic hydroxyl groups is 2. The minimum atomic E-state index is 0.0788. The Morgan fingerprint density at radius 1 is 0.600 bits per heavy atom. The lowest BCUT2D eigenvalue weighted by Crippen LogP contribution is -1.94. The molecule has 7 rings (SSSR count). The van der Waals surface area contributed by atoms with Crippen LogP contribution in [-0.4, -0.2) is 38.8 Å². The summed E-state index contributed by atoms with van der Waals surface area (Å²) in [4.78, 5) is 18.2. The van der Waals surface area contributed by atoms with Gasteiger partial charge in [0, 0.05) is 40.9 Å². The second kappa shape index (κ2) is 14.5. The first-order chi connectivity index (χ1) is 24.4. The Bertz CT molecular complexity index is 2210. The average molecular weight is 694 g/mol. The number of rotatable bonds is 10. The molecule has 0 aliphatic heterocycles. The molecular formula is C39H31N7O2S2. The molecule has 0 atom stereocenters. The standard InChI is InChI=1S/C39H31N7O2S2/c1-24-17-26(15-16-40-38-44-32-7-3-5-9-34(32)49-38)36(47)27(18-24)21-41-30-11-13-31(14-12-30)42-22-28-19-25(2)20-29(37(28)48)23-43-46-39-45-33-8-4-6-10-35(33)50-39/h3-23,47-48H,1-2H3,(H,40,44)(H,45,46)/b16-15+,41-21?,42-22?,43-23+. The van der Waals surface area contributed by atoms with E-state index >= 15 is 0 Å². The molecule has 50 heavy (non-hydrogen) atoms. The Labute approximate surface area is 296 Å². The summed E-state index contributed by atoms with van der Waals surface area (Å²) in [7, 11) is 0. The van der Waals surface area contributed by atoms with Gasteiger partial charge in [0.15, 0.2) is 5.13 Å². The van der Waals surface area contributed by atoms with Gasteiger partial charge in [0.05, 0.1) is 38.0 Å². The van der Waals surface area contributed by atoms with Crippen molar-refractivity contribution in [3.63, 3.8) is 0 Å². The van der Waals surface area contributed by atoms with Crippen LogP contribution in [-0.2, 0) is 0 Å². The highest BCUT2D eigenvalue weighted by molar-refractivity contribution is 7.22. The maximum Gasteiger partial charge on any atom is 0.204 e. The number of phenols is 2. The molecule has 0 radical (unpaired) electrons. The molecule has 4 N–H and O–H groups in total. The molecule has 0 spiro atoms. The lowest BCUT2D eigenvalue weighted by Gasteiger charge is -2.06. The van der Waals surface area contributed by atoms with E-state index < -0.39 is 0 Å². The van der Waals surface area contributed by atoms with E-state index in [1.54, 1.807) is 36.2 Å². The molecule has 11 heteroatoms. The summed E-state index contributed by atoms with van der Waals surface area (Å²) >= 11 is 3.08. The summed E-state index contributed by atoms with van der Waals surface area (Å²) < 4.78 is 2.18. The number of aryl methyl sites for hydroxylation is 2. The van der Waals surface area contributed by atoms with E-state index in [0.717, 1.165) is 36.7 Å². The largest absolute Gasteiger partial charge is 0.507 e. The number of fused-ring (bicyclic) bond motifs is 2. The van der Waals surface area contributed by atoms with Crippen molar-refractivity contribution in [2.45, 2.75) is 13.8 Å². The predicted octanol–water partition coefficient (Wildman–Crippen LogP) is 9.96. The smallest absolute Gasteiger partial charge is 0.204 e. The van der Waals surface area contributed by atoms with Gasteiger partial charge < -0.3 is 15.5 Å². The lowest BCUT2D eigenvalue weighted by molar-refractivity contribution is 0.472. The zero-order chi connectivity index (χ0) is 34.5. The Morgan fingerprint density at radius 2 is 1.08 bits per heavy atom. The van der Waals surface area contributed by atoms with Crippen LogP contribution in [0.15, 0.2) is 118 Å². The molecule has 9 nitrogen and oxygen atoms in total. The van der Waals surface area contributed by atoms with E-state index in [0.29, 0.717) is 38.8 Å². The molecular weight excluding hydrogens is 663 g/mol. The SMILES string of the molecule is Cc1cc(C=Nc2ccc(N=Cc3cc(C)cc(/C=N/Nc4nc5ccccc5s4)c3O)cc2)c(O)c(/C=C/Nc2nc3ccccc3s2)c1. The number of thiazole rings is 2. The van der Waals surface area contributed by atoms with Gasteiger partial charge in [0.1, 0.15) is 11.5 Å². The Hall–Kier alpha value is -6.17. The molecule has 0 aliphatic carbocycles. The summed E-state index contributed by atoms with van der Waals surface area (Å²) in [6.45, 7) is 3.93. The van der Waals surface area contributed by atoms with Crippen molar-refractivity contribution in [2.75, 3.05) is 10.7 Å². The third kappa shape index (κ3) is 7.59. The summed E-state index contributed by atoms with van der Waals surface area (Å²) in [6.07, 6.45) is 8.45. The van der Waals surface area contributed by atoms with E-state index in [-0.39, 0.29) is 11.5 Å². The van der Waals surface area contributed by atoms with Crippen LogP contribution in [0.1, 0.15) is 33.4 Å². The molecule has 0 unspecified atom stereocenters. The summed E-state index contributed by atoms with van der Waals surface area (Å²) in [5.41, 5.74) is 10.6. The number of aromatic nitrogens is 2. The Balaban J connectivity index is 1.00. The van der Waals surface area contributed by atoms with Crippen LogP contribution in [0.3, 0.4) is 0 Å². The molecule has 0 saturated carbocycles. The van der Waals surface area contributed by atoms with Gasteiger partial charge in [-0.25, -0.2) is 9.97 Å². The molecule has 7 aromatic rings. The van der Waals surface area contributed by atoms with Crippen molar-refractivity contribution < 1.29 is 10.2 Å². The van der Waals surface area contributed by atoms with Crippen molar-refractivity contribution in [3.05, 3.63) is 137 Å². The van der Waals surface area contributed by atoms with Gasteiger partial charge in [-0.05, 0) is 104 Å². The Morgan fingerprint density at radius 3 is 1.66 bits per heavy atom. The van der Waals surface area contributed by atoms with Gasteiger partial charge in [-0.1, -0.05) is 46.9 Å². The van der Waals surface area contributed by atoms with Gasteiger partial charge in [0.2, 0.25) is 5.13 Å². The number of anilines is 2. The first-order valence-corrected chi connectivity index (χ1v) is 17.3. The zero-order valence-electron chi connectivity index (χ0n) is 27.1. The van der Waals surface area contributed by atoms with Crippen molar-refractivity contribution in [2.24, 2.45) is 15.1 Å². The number of para-hydroxylation sites is 2. The third-order valence-electron chi connectivity index (χ3n) is 7.60. The minimum absolute atomic E-state index is 0.0788. The van der Waals surface area contributed by atoms with E-state index in [4.69, 9.17) is 0 Å². The number of hydrogen-bond donors (Lipinski definition) is 4. The van der Waals surface area contributed by atoms with Crippen LogP contribution >= 0.6 is 22.7 Å². The van der Waals surface area contributed by atoms with Gasteiger partial charge in [-0.15, -0.1) is 0 Å². The second-order valence-electron chi connectivity index (χ2n) is 11.4. The second-order valence-corrected chi connectivity index (χ2v) is 13.5. The molecule has 0 amide bonds. The van der Waals surface area contributed by atoms with Crippen LogP contribution in [0.2, 0.25) is 0 Å². The average Bonchev–Trinajstić information content (AvgIpc) is 3.73. The maximum atomic E-state index is 11.0. The van der Waals surface area contributed by atoms with Crippen LogP contribution in [0.25, 0.3) is 26.5 Å². The summed E-state index contributed by atoms with van der Waals surface area (Å²) in [5.74, 6) is 0.216. The molecule has 0 aliphatic rings. The van der Waals surface area contributed by atoms with E-state index in [2.05, 4.69) is 35.8 Å². The van der Waals surface area contributed by atoms with Gasteiger partial charge in [0.25, 0.3) is 0 Å². The van der Waals surface area contributed by atoms with Gasteiger partial charge >= 0.3 is 0 Å². The number of phenolic OH excluding ortho intramolecular Hbond substituents is 2. The third-order valence-corrected chi connectivity index (χ3v) is 9.51. The fourth-order valence-electron chi connectivity index (χ4n) is 5.22. The van der Waals surface area contributed by atoms with E-state index in [1.165, 1.54) is 11.3 Å². The molecule has 246 valence electrons. The number of hydrazone groups is 1. The van der Waals surface area contributed by atoms with Crippen LogP contribution in [0.4, 0.5) is 21.6 Å². The summed E-state index contributed by atoms with van der Waals surface area (Å²) in [5, 5.41) is 30.9. The van der Waals surface area contributed by atoms with Gasteiger partial charge in [-0.3, -0.25) is 15.4 Å². The van der Waals surface area contributed by atoms with Crippen LogP contribution < -0.4 is 10.7 Å². The van der Waals surface area contributed by atoms with E-state index in [1.807, 2.05) is 117 Å². The molecule has 5 aromatic carbocycles. The quantitative estimate of drug-likeness (QED) is 0.0834. The van der Waals surface area contributed by atoms with Crippen LogP contribution in [0.5, 0.6) is 11.5 Å². The highest BCUT2D eigenvalue weighted by atomic mass is 32.1. The number of aliphatic imine (C=N–C) groups is 2. The number of hydrogen-bond acceptors (Lipinski definition) is 11. The van der Waals surface area contributed by atoms with Crippen molar-refractivity contribution in [3.8, 4) is 11.5 Å². The van der Waals surface area contributed by atoms with Gasteiger partial charge in [-0.2, -0.15) is 5.10 Å². The fraction of sp³-hybridized carbons (Fsp3) is 0.0513. The number of nitrogens with zero attached hydrogens (tertiary/aromatic N) is 5. The zero-order valence-corrected chi connectivity index (χ0v) is 28.7. The molecule has 0 fully saturated rings. The minimum Gasteiger partial charge on any atom is -0.507 e. The fourth-order valence-corrected chi connectivity index (χ4v) is 6.88. The lowest BCUT2D eigenvalue weighted by atomic mass is 10.1. The van der Waals surface area contributed by atoms with Crippen LogP contribution in [0, 0.1) is 13.8 Å². The van der Waals surface area contributed by atoms with Crippen molar-refractivity contribution in [1.29, 1.82) is 0 Å². The number of nitrogens with one attached hydrogen (secondary N) is 2. The highest BCUT2D eigenvalue weighted by Crippen LogP contribution is 2.29. The Kier molecular flexibility index (Phi) is 9.41. The first-order valence-electron chi connectivity index (χ1n) is 15.7. The van der Waals surface area contributed by atoms with Crippen molar-refractivity contribution in [1.82, 2.24) is 9.97 Å². The number of benzene rings is 5. The molecule has 2 aromatic heterocycles. The van der Waals surface area contributed by atoms with Crippen molar-refractivity contribution >= 4 is 89.5 Å². The first kappa shape index (κ1) is 32.4. The molecule has 0 bridgehead atoms. The topological polar surface area (TPSA) is 127 Å². The molecule has 2 heterocycles. The molecule has 0 saturated heterocycles. The normalized spacial score (nSPS) is 12.0. The highest BCUT2D eigenvalue weighted by Gasteiger charge is 2.08. The monoisotopic (exact) mass is 693 g/mol. The van der Waals surface area contributed by atoms with E-state index in [9.17, 15) is 10.2 Å². The summed E-state index contributed by atoms with van der Waals surface area (Å²) in [6, 6.07) is 30.8. The maximum absolute atomic E-state index is 11.0.